The molecular formula is C11H10BrN. The molecule has 0 heterocycles. The Morgan fingerprint density at radius 2 is 2.23 bits per heavy atom. The van der Waals surface area contributed by atoms with Gasteiger partial charge < -0.3 is 0 Å². The standard InChI is InChI=1S/C11H10BrN/c1-9-4-2-3-5-11(9)6-10(7-12)8-13/h2-6H,7H2,1H3/b10-6-. The summed E-state index contributed by atoms with van der Waals surface area (Å²) in [5, 5.41) is 9.34. The molecule has 0 aliphatic rings. The Labute approximate surface area is 86.8 Å². The van der Waals surface area contributed by atoms with Crippen LogP contribution in [-0.2, 0) is 0 Å². The minimum Gasteiger partial charge on any atom is -0.193 e. The predicted octanol–water partition coefficient (Wildman–Crippen LogP) is 3.30. The van der Waals surface area contributed by atoms with Crippen LogP contribution < -0.4 is 0 Å². The van der Waals surface area contributed by atoms with Gasteiger partial charge >= 0.3 is 0 Å². The van der Waals surface area contributed by atoms with Crippen molar-refractivity contribution in [3.8, 4) is 6.07 Å². The number of rotatable bonds is 2. The lowest BCUT2D eigenvalue weighted by Crippen LogP contribution is -1.83. The van der Waals surface area contributed by atoms with E-state index in [1.54, 1.807) is 0 Å². The molecule has 0 saturated carbocycles. The van der Waals surface area contributed by atoms with Gasteiger partial charge in [0, 0.05) is 10.9 Å². The summed E-state index contributed by atoms with van der Waals surface area (Å²) in [4.78, 5) is 0. The van der Waals surface area contributed by atoms with Gasteiger partial charge in [0.2, 0.25) is 0 Å². The molecule has 1 nitrogen and oxygen atoms in total. The molecule has 0 aliphatic heterocycles. The lowest BCUT2D eigenvalue weighted by molar-refractivity contribution is 1.42. The first-order valence-corrected chi connectivity index (χ1v) is 5.12. The van der Waals surface area contributed by atoms with Crippen LogP contribution in [0, 0.1) is 18.3 Å². The fraction of sp³-hybridized carbons (Fsp3) is 0.182. The molecule has 0 aliphatic carbocycles. The molecule has 1 aromatic rings. The number of nitrogens with zero attached hydrogens (tertiary/aromatic N) is 1. The second kappa shape index (κ2) is 4.84. The summed E-state index contributed by atoms with van der Waals surface area (Å²) >= 11 is 3.27. The van der Waals surface area contributed by atoms with Crippen LogP contribution in [0.5, 0.6) is 0 Å². The molecule has 1 aromatic carbocycles. The van der Waals surface area contributed by atoms with Gasteiger partial charge in [-0.05, 0) is 24.1 Å². The van der Waals surface area contributed by atoms with E-state index in [0.29, 0.717) is 5.33 Å². The largest absolute Gasteiger partial charge is 0.193 e. The SMILES string of the molecule is Cc1ccccc1/C=C(\C#N)CBr. The Morgan fingerprint density at radius 1 is 1.54 bits per heavy atom. The van der Waals surface area contributed by atoms with Gasteiger partial charge in [-0.1, -0.05) is 40.2 Å². The van der Waals surface area contributed by atoms with Crippen molar-refractivity contribution in [3.63, 3.8) is 0 Å². The molecule has 0 spiro atoms. The summed E-state index contributed by atoms with van der Waals surface area (Å²) < 4.78 is 0. The molecule has 0 bridgehead atoms. The number of nitriles is 1. The molecule has 0 aromatic heterocycles. The first-order chi connectivity index (χ1) is 6.27. The first kappa shape index (κ1) is 10.0. The highest BCUT2D eigenvalue weighted by atomic mass is 79.9. The van der Waals surface area contributed by atoms with Crippen molar-refractivity contribution in [2.75, 3.05) is 5.33 Å². The van der Waals surface area contributed by atoms with Crippen LogP contribution in [0.3, 0.4) is 0 Å². The summed E-state index contributed by atoms with van der Waals surface area (Å²) in [5.41, 5.74) is 3.05. The highest BCUT2D eigenvalue weighted by molar-refractivity contribution is 9.09. The monoisotopic (exact) mass is 235 g/mol. The van der Waals surface area contributed by atoms with E-state index in [0.717, 1.165) is 11.1 Å². The number of allylic oxidation sites excluding steroid dienone is 1. The van der Waals surface area contributed by atoms with Crippen LogP contribution in [0.4, 0.5) is 0 Å². The van der Waals surface area contributed by atoms with Crippen molar-refractivity contribution in [1.29, 1.82) is 5.26 Å². The van der Waals surface area contributed by atoms with Crippen molar-refractivity contribution < 1.29 is 0 Å². The average Bonchev–Trinajstić information content (AvgIpc) is 2.17. The van der Waals surface area contributed by atoms with Gasteiger partial charge in [0.25, 0.3) is 0 Å². The lowest BCUT2D eigenvalue weighted by Gasteiger charge is -1.98. The molecule has 13 heavy (non-hydrogen) atoms. The summed E-state index contributed by atoms with van der Waals surface area (Å²) in [6.45, 7) is 2.04. The smallest absolute Gasteiger partial charge is 0.0956 e. The Kier molecular flexibility index (Phi) is 3.72. The van der Waals surface area contributed by atoms with Crippen LogP contribution in [0.1, 0.15) is 11.1 Å². The van der Waals surface area contributed by atoms with Crippen molar-refractivity contribution in [2.24, 2.45) is 0 Å². The van der Waals surface area contributed by atoms with E-state index >= 15 is 0 Å². The second-order valence-electron chi connectivity index (χ2n) is 2.77. The number of aryl methyl sites for hydroxylation is 1. The molecule has 0 saturated heterocycles. The van der Waals surface area contributed by atoms with Gasteiger partial charge in [0.15, 0.2) is 0 Å². The zero-order valence-corrected chi connectivity index (χ0v) is 9.01. The third kappa shape index (κ3) is 2.71. The Hall–Kier alpha value is -1.07. The van der Waals surface area contributed by atoms with Crippen molar-refractivity contribution >= 4 is 22.0 Å². The van der Waals surface area contributed by atoms with Gasteiger partial charge in [-0.2, -0.15) is 5.26 Å². The third-order valence-corrected chi connectivity index (χ3v) is 2.41. The summed E-state index contributed by atoms with van der Waals surface area (Å²) in [7, 11) is 0. The maximum atomic E-state index is 8.73. The Morgan fingerprint density at radius 3 is 2.77 bits per heavy atom. The first-order valence-electron chi connectivity index (χ1n) is 4.00. The van der Waals surface area contributed by atoms with E-state index in [-0.39, 0.29) is 0 Å². The van der Waals surface area contributed by atoms with Gasteiger partial charge in [0.1, 0.15) is 0 Å². The Balaban J connectivity index is 3.04. The zero-order valence-electron chi connectivity index (χ0n) is 7.42. The van der Waals surface area contributed by atoms with Gasteiger partial charge in [-0.3, -0.25) is 0 Å². The van der Waals surface area contributed by atoms with Gasteiger partial charge in [-0.25, -0.2) is 0 Å². The number of alkyl halides is 1. The zero-order chi connectivity index (χ0) is 9.68. The maximum absolute atomic E-state index is 8.73. The van der Waals surface area contributed by atoms with Crippen molar-refractivity contribution in [3.05, 3.63) is 41.0 Å². The van der Waals surface area contributed by atoms with E-state index in [2.05, 4.69) is 22.0 Å². The summed E-state index contributed by atoms with van der Waals surface area (Å²) in [6.07, 6.45) is 1.91. The topological polar surface area (TPSA) is 23.8 Å². The van der Waals surface area contributed by atoms with E-state index in [1.807, 2.05) is 37.3 Å². The number of hydrogen-bond donors (Lipinski definition) is 0. The van der Waals surface area contributed by atoms with Crippen LogP contribution in [0.15, 0.2) is 29.8 Å². The molecule has 0 radical (unpaired) electrons. The van der Waals surface area contributed by atoms with E-state index in [4.69, 9.17) is 5.26 Å². The number of hydrogen-bond acceptors (Lipinski definition) is 1. The predicted molar refractivity (Wildman–Crippen MR) is 58.6 cm³/mol. The van der Waals surface area contributed by atoms with E-state index in [9.17, 15) is 0 Å². The van der Waals surface area contributed by atoms with E-state index < -0.39 is 0 Å². The van der Waals surface area contributed by atoms with Gasteiger partial charge in [0.05, 0.1) is 6.07 Å². The fourth-order valence-corrected chi connectivity index (χ4v) is 1.32. The molecule has 0 N–H and O–H groups in total. The highest BCUT2D eigenvalue weighted by Crippen LogP contribution is 2.12. The van der Waals surface area contributed by atoms with Crippen LogP contribution >= 0.6 is 15.9 Å². The minimum absolute atomic E-state index is 0.609. The quantitative estimate of drug-likeness (QED) is 0.570. The normalized spacial score (nSPS) is 11.0. The number of benzene rings is 1. The molecular weight excluding hydrogens is 226 g/mol. The van der Waals surface area contributed by atoms with Crippen LogP contribution in [0.25, 0.3) is 6.08 Å². The Bertz CT molecular complexity index is 361. The molecule has 1 rings (SSSR count). The maximum Gasteiger partial charge on any atom is 0.0956 e. The van der Waals surface area contributed by atoms with Crippen molar-refractivity contribution in [2.45, 2.75) is 6.92 Å². The molecule has 0 atom stereocenters. The summed E-state index contributed by atoms with van der Waals surface area (Å²) in [6, 6.07) is 10.2. The van der Waals surface area contributed by atoms with Crippen LogP contribution in [0.2, 0.25) is 0 Å². The van der Waals surface area contributed by atoms with Crippen molar-refractivity contribution in [1.82, 2.24) is 0 Å². The van der Waals surface area contributed by atoms with E-state index in [1.165, 1.54) is 5.56 Å². The molecule has 0 fully saturated rings. The highest BCUT2D eigenvalue weighted by Gasteiger charge is 1.95. The second-order valence-corrected chi connectivity index (χ2v) is 3.33. The minimum atomic E-state index is 0.609. The van der Waals surface area contributed by atoms with Crippen LogP contribution in [-0.4, -0.2) is 5.33 Å². The lowest BCUT2D eigenvalue weighted by atomic mass is 10.1. The summed E-state index contributed by atoms with van der Waals surface area (Å²) in [5.74, 6) is 0. The number of halogens is 1. The van der Waals surface area contributed by atoms with Gasteiger partial charge in [-0.15, -0.1) is 0 Å². The molecule has 2 heteroatoms. The fourth-order valence-electron chi connectivity index (χ4n) is 1.04. The molecule has 0 amide bonds. The third-order valence-electron chi connectivity index (χ3n) is 1.81. The average molecular weight is 236 g/mol. The molecule has 66 valence electrons. The molecule has 0 unspecified atom stereocenters.